The third-order valence-corrected chi connectivity index (χ3v) is 33.9. The summed E-state index contributed by atoms with van der Waals surface area (Å²) in [4.78, 5) is 0. The predicted octanol–water partition coefficient (Wildman–Crippen LogP) is 6.58. The van der Waals surface area contributed by atoms with Gasteiger partial charge in [0.2, 0.25) is 0 Å². The Morgan fingerprint density at radius 2 is 0.850 bits per heavy atom. The molecule has 0 saturated heterocycles. The molecule has 0 fully saturated rings. The van der Waals surface area contributed by atoms with Crippen LogP contribution in [0.1, 0.15) is 55.4 Å². The SMILES string of the molecule is CC[Si](CC)(CC)O[Si](CC)(CC)[Si](CC)(CC)CC. The van der Waals surface area contributed by atoms with Crippen LogP contribution in [0.15, 0.2) is 0 Å². The van der Waals surface area contributed by atoms with Crippen LogP contribution in [0.2, 0.25) is 48.4 Å². The van der Waals surface area contributed by atoms with E-state index in [0.29, 0.717) is 0 Å². The van der Waals surface area contributed by atoms with Crippen molar-refractivity contribution < 1.29 is 4.12 Å². The second-order valence-corrected chi connectivity index (χ2v) is 25.7. The maximum Gasteiger partial charge on any atom is 0.178 e. The molecule has 0 heterocycles. The van der Waals surface area contributed by atoms with Gasteiger partial charge >= 0.3 is 0 Å². The molecule has 0 aromatic carbocycles. The minimum atomic E-state index is -1.52. The van der Waals surface area contributed by atoms with Gasteiger partial charge in [-0.3, -0.25) is 0 Å². The average molecular weight is 333 g/mol. The van der Waals surface area contributed by atoms with Gasteiger partial charge in [0.1, 0.15) is 0 Å². The van der Waals surface area contributed by atoms with Crippen molar-refractivity contribution in [3.8, 4) is 0 Å². The van der Waals surface area contributed by atoms with Gasteiger partial charge < -0.3 is 4.12 Å². The van der Waals surface area contributed by atoms with Crippen molar-refractivity contribution >= 4 is 23.7 Å². The minimum Gasteiger partial charge on any atom is -0.457 e. The summed E-state index contributed by atoms with van der Waals surface area (Å²) in [5.74, 6) is 0. The normalized spacial score (nSPS) is 13.8. The minimum absolute atomic E-state index is 1.20. The third kappa shape index (κ3) is 3.68. The fourth-order valence-electron chi connectivity index (χ4n) is 4.35. The van der Waals surface area contributed by atoms with Gasteiger partial charge in [0.25, 0.3) is 0 Å². The van der Waals surface area contributed by atoms with Gasteiger partial charge in [-0.25, -0.2) is 0 Å². The second-order valence-electron chi connectivity index (χ2n) is 6.39. The highest BCUT2D eigenvalue weighted by molar-refractivity contribution is 7.41. The van der Waals surface area contributed by atoms with E-state index in [0.717, 1.165) is 0 Å². The van der Waals surface area contributed by atoms with E-state index in [9.17, 15) is 0 Å². The van der Waals surface area contributed by atoms with E-state index in [1.807, 2.05) is 0 Å². The summed E-state index contributed by atoms with van der Waals surface area (Å²) < 4.78 is 7.35. The van der Waals surface area contributed by atoms with E-state index >= 15 is 0 Å². The summed E-state index contributed by atoms with van der Waals surface area (Å²) >= 11 is 0. The maximum atomic E-state index is 7.35. The van der Waals surface area contributed by atoms with Gasteiger partial charge in [-0.15, -0.1) is 0 Å². The first-order valence-corrected chi connectivity index (χ1v) is 17.6. The summed E-state index contributed by atoms with van der Waals surface area (Å²) in [6.45, 7) is 19.4. The van der Waals surface area contributed by atoms with Crippen LogP contribution in [0.5, 0.6) is 0 Å². The van der Waals surface area contributed by atoms with Crippen LogP contribution < -0.4 is 0 Å². The van der Waals surface area contributed by atoms with Crippen molar-refractivity contribution in [3.05, 3.63) is 0 Å². The van der Waals surface area contributed by atoms with Crippen LogP contribution in [0.3, 0.4) is 0 Å². The molecule has 0 aliphatic carbocycles. The zero-order valence-electron chi connectivity index (χ0n) is 15.6. The Bertz CT molecular complexity index is 240. The smallest absolute Gasteiger partial charge is 0.178 e. The van der Waals surface area contributed by atoms with Gasteiger partial charge in [-0.2, -0.15) is 0 Å². The highest BCUT2D eigenvalue weighted by Gasteiger charge is 2.53. The van der Waals surface area contributed by atoms with Crippen molar-refractivity contribution in [2.45, 2.75) is 104 Å². The van der Waals surface area contributed by atoms with E-state index in [4.69, 9.17) is 4.12 Å². The lowest BCUT2D eigenvalue weighted by Gasteiger charge is -2.51. The standard InChI is InChI=1S/C16H40OSi3/c1-9-18(10-2,11-3)17-20(15-7,16-8)19(12-4,13-5)14-6/h9-16H2,1-8H3. The number of hydrogen-bond donors (Lipinski definition) is 0. The molecular weight excluding hydrogens is 292 g/mol. The van der Waals surface area contributed by atoms with Gasteiger partial charge in [0.05, 0.1) is 7.59 Å². The van der Waals surface area contributed by atoms with Crippen molar-refractivity contribution in [2.24, 2.45) is 0 Å². The molecule has 0 radical (unpaired) electrons. The zero-order chi connectivity index (χ0) is 15.9. The van der Waals surface area contributed by atoms with Crippen LogP contribution in [0.25, 0.3) is 0 Å². The van der Waals surface area contributed by atoms with Gasteiger partial charge in [0.15, 0.2) is 16.2 Å². The molecule has 0 saturated carbocycles. The van der Waals surface area contributed by atoms with Crippen molar-refractivity contribution in [1.29, 1.82) is 0 Å². The van der Waals surface area contributed by atoms with E-state index in [-0.39, 0.29) is 0 Å². The molecule has 0 bridgehead atoms. The summed E-state index contributed by atoms with van der Waals surface area (Å²) in [5, 5.41) is 0. The molecule has 0 atom stereocenters. The van der Waals surface area contributed by atoms with Gasteiger partial charge in [0, 0.05) is 0 Å². The molecule has 1 nitrogen and oxygen atoms in total. The zero-order valence-corrected chi connectivity index (χ0v) is 18.6. The topological polar surface area (TPSA) is 9.23 Å². The Hall–Kier alpha value is 0.611. The summed E-state index contributed by atoms with van der Waals surface area (Å²) in [7, 11) is -4.18. The molecular formula is C16H40OSi3. The third-order valence-electron chi connectivity index (χ3n) is 6.48. The number of rotatable bonds is 11. The van der Waals surface area contributed by atoms with Crippen LogP contribution in [-0.4, -0.2) is 23.7 Å². The monoisotopic (exact) mass is 332 g/mol. The van der Waals surface area contributed by atoms with E-state index < -0.39 is 23.7 Å². The largest absolute Gasteiger partial charge is 0.457 e. The second kappa shape index (κ2) is 8.91. The molecule has 0 unspecified atom stereocenters. The molecule has 0 amide bonds. The molecule has 0 aromatic heterocycles. The van der Waals surface area contributed by atoms with Crippen molar-refractivity contribution in [3.63, 3.8) is 0 Å². The highest BCUT2D eigenvalue weighted by Crippen LogP contribution is 2.41. The Morgan fingerprint density at radius 1 is 0.500 bits per heavy atom. The van der Waals surface area contributed by atoms with Crippen LogP contribution in [0, 0.1) is 0 Å². The van der Waals surface area contributed by atoms with E-state index in [1.165, 1.54) is 48.4 Å². The summed E-state index contributed by atoms with van der Waals surface area (Å²) in [5.41, 5.74) is 0. The first-order chi connectivity index (χ1) is 9.44. The van der Waals surface area contributed by atoms with Crippen molar-refractivity contribution in [2.75, 3.05) is 0 Å². The molecule has 4 heteroatoms. The molecule has 0 spiro atoms. The Labute approximate surface area is 132 Å². The van der Waals surface area contributed by atoms with Crippen LogP contribution in [0.4, 0.5) is 0 Å². The quantitative estimate of drug-likeness (QED) is 0.388. The molecule has 122 valence electrons. The molecule has 0 rings (SSSR count). The maximum absolute atomic E-state index is 7.35. The van der Waals surface area contributed by atoms with Gasteiger partial charge in [-0.05, 0) is 30.2 Å². The number of hydrogen-bond acceptors (Lipinski definition) is 1. The van der Waals surface area contributed by atoms with Crippen molar-refractivity contribution in [1.82, 2.24) is 0 Å². The summed E-state index contributed by atoms with van der Waals surface area (Å²) in [6, 6.07) is 11.0. The first kappa shape index (κ1) is 20.6. The molecule has 20 heavy (non-hydrogen) atoms. The highest BCUT2D eigenvalue weighted by atomic mass is 29.3. The molecule has 0 N–H and O–H groups in total. The Balaban J connectivity index is 5.70. The molecule has 0 aliphatic rings. The average Bonchev–Trinajstić information content (AvgIpc) is 2.53. The Kier molecular flexibility index (Phi) is 9.18. The molecule has 0 aliphatic heterocycles. The lowest BCUT2D eigenvalue weighted by molar-refractivity contribution is 0.526. The lowest BCUT2D eigenvalue weighted by Crippen LogP contribution is -2.67. The van der Waals surface area contributed by atoms with E-state index in [1.54, 1.807) is 0 Å². The van der Waals surface area contributed by atoms with Gasteiger partial charge in [-0.1, -0.05) is 73.5 Å². The fraction of sp³-hybridized carbons (Fsp3) is 1.00. The predicted molar refractivity (Wildman–Crippen MR) is 102 cm³/mol. The first-order valence-electron chi connectivity index (χ1n) is 9.14. The summed E-state index contributed by atoms with van der Waals surface area (Å²) in [6.07, 6.45) is 0. The van der Waals surface area contributed by atoms with Crippen LogP contribution in [-0.2, 0) is 4.12 Å². The fourth-order valence-corrected chi connectivity index (χ4v) is 32.5. The molecule has 0 aromatic rings. The lowest BCUT2D eigenvalue weighted by atomic mass is 10.9. The van der Waals surface area contributed by atoms with Crippen LogP contribution >= 0.6 is 0 Å². The van der Waals surface area contributed by atoms with E-state index in [2.05, 4.69) is 55.4 Å². The Morgan fingerprint density at radius 3 is 1.05 bits per heavy atom.